The Balaban J connectivity index is 1.63. The Morgan fingerprint density at radius 2 is 2.05 bits per heavy atom. The minimum atomic E-state index is 0.600. The fraction of sp³-hybridized carbons (Fsp3) is 0.429. The summed E-state index contributed by atoms with van der Waals surface area (Å²) in [5, 5.41) is 2.89. The van der Waals surface area contributed by atoms with E-state index in [1.54, 1.807) is 11.1 Å². The number of allylic oxidation sites excluding steroid dienone is 2. The summed E-state index contributed by atoms with van der Waals surface area (Å²) in [7, 11) is 0. The van der Waals surface area contributed by atoms with Gasteiger partial charge in [0.1, 0.15) is 0 Å². The number of fused-ring (bicyclic) bond motifs is 5. The lowest BCUT2D eigenvalue weighted by molar-refractivity contribution is 0.195. The molecule has 0 heteroatoms. The van der Waals surface area contributed by atoms with Gasteiger partial charge in [-0.3, -0.25) is 0 Å². The standard InChI is InChI=1S/C21H22/c1-14-3-2-4-17-10-16-7-8-21(13-18(16)11-20(14)17)12-15-5-6-19(21)9-15/h2-6,10-11,15,19H,7-9,12-13H2,1H3. The molecule has 106 valence electrons. The van der Waals surface area contributed by atoms with Crippen LogP contribution in [-0.4, -0.2) is 0 Å². The third kappa shape index (κ3) is 1.62. The Morgan fingerprint density at radius 1 is 1.10 bits per heavy atom. The molecule has 0 aliphatic heterocycles. The van der Waals surface area contributed by atoms with Gasteiger partial charge in [0.05, 0.1) is 0 Å². The van der Waals surface area contributed by atoms with Crippen LogP contribution in [0.3, 0.4) is 0 Å². The monoisotopic (exact) mass is 274 g/mol. The van der Waals surface area contributed by atoms with Crippen LogP contribution in [0.25, 0.3) is 10.8 Å². The molecular formula is C21H22. The summed E-state index contributed by atoms with van der Waals surface area (Å²) < 4.78 is 0. The molecule has 0 heterocycles. The van der Waals surface area contributed by atoms with Crippen molar-refractivity contribution in [1.29, 1.82) is 0 Å². The molecule has 0 nitrogen and oxygen atoms in total. The Labute approximate surface area is 126 Å². The first kappa shape index (κ1) is 12.0. The second-order valence-electron chi connectivity index (χ2n) is 7.65. The summed E-state index contributed by atoms with van der Waals surface area (Å²) >= 11 is 0. The zero-order chi connectivity index (χ0) is 14.0. The Bertz CT molecular complexity index is 767. The summed E-state index contributed by atoms with van der Waals surface area (Å²) in [6, 6.07) is 11.7. The van der Waals surface area contributed by atoms with E-state index in [4.69, 9.17) is 0 Å². The number of aryl methyl sites for hydroxylation is 2. The summed E-state index contributed by atoms with van der Waals surface area (Å²) in [5.74, 6) is 1.75. The molecule has 2 aromatic carbocycles. The molecule has 0 aromatic heterocycles. The SMILES string of the molecule is Cc1cccc2cc3c(cc12)CC1(CC3)CC2C=CC1C2. The van der Waals surface area contributed by atoms with Gasteiger partial charge in [0.15, 0.2) is 0 Å². The van der Waals surface area contributed by atoms with Crippen LogP contribution in [0, 0.1) is 24.2 Å². The van der Waals surface area contributed by atoms with E-state index in [1.165, 1.54) is 48.4 Å². The van der Waals surface area contributed by atoms with E-state index in [0.29, 0.717) is 5.41 Å². The molecule has 0 N–H and O–H groups in total. The highest BCUT2D eigenvalue weighted by Crippen LogP contribution is 2.57. The molecule has 21 heavy (non-hydrogen) atoms. The first-order valence-corrected chi connectivity index (χ1v) is 8.43. The molecule has 1 fully saturated rings. The van der Waals surface area contributed by atoms with Crippen molar-refractivity contribution in [3.05, 3.63) is 59.2 Å². The number of hydrogen-bond donors (Lipinski definition) is 0. The van der Waals surface area contributed by atoms with Gasteiger partial charge in [-0.15, -0.1) is 0 Å². The highest BCUT2D eigenvalue weighted by atomic mass is 14.5. The van der Waals surface area contributed by atoms with E-state index in [-0.39, 0.29) is 0 Å². The Kier molecular flexibility index (Phi) is 2.29. The number of benzene rings is 2. The first-order chi connectivity index (χ1) is 10.2. The normalized spacial score (nSPS) is 33.0. The quantitative estimate of drug-likeness (QED) is 0.578. The highest BCUT2D eigenvalue weighted by Gasteiger charge is 2.49. The molecule has 3 aliphatic carbocycles. The summed E-state index contributed by atoms with van der Waals surface area (Å²) in [5.41, 5.74) is 5.28. The minimum Gasteiger partial charge on any atom is -0.0851 e. The molecule has 0 saturated heterocycles. The van der Waals surface area contributed by atoms with Gasteiger partial charge < -0.3 is 0 Å². The van der Waals surface area contributed by atoms with Crippen LogP contribution in [-0.2, 0) is 12.8 Å². The zero-order valence-electron chi connectivity index (χ0n) is 12.7. The van der Waals surface area contributed by atoms with Crippen LogP contribution in [0.5, 0.6) is 0 Å². The second-order valence-corrected chi connectivity index (χ2v) is 7.65. The van der Waals surface area contributed by atoms with E-state index < -0.39 is 0 Å². The molecule has 1 saturated carbocycles. The largest absolute Gasteiger partial charge is 0.0851 e. The van der Waals surface area contributed by atoms with Gasteiger partial charge in [0.25, 0.3) is 0 Å². The lowest BCUT2D eigenvalue weighted by Gasteiger charge is -2.40. The van der Waals surface area contributed by atoms with Gasteiger partial charge in [0.2, 0.25) is 0 Å². The van der Waals surface area contributed by atoms with Crippen molar-refractivity contribution in [3.63, 3.8) is 0 Å². The van der Waals surface area contributed by atoms with Crippen LogP contribution in [0.1, 0.15) is 36.0 Å². The van der Waals surface area contributed by atoms with Crippen LogP contribution in [0.2, 0.25) is 0 Å². The first-order valence-electron chi connectivity index (χ1n) is 8.43. The molecule has 3 unspecified atom stereocenters. The van der Waals surface area contributed by atoms with Crippen molar-refractivity contribution in [3.8, 4) is 0 Å². The molecule has 3 atom stereocenters. The molecule has 2 bridgehead atoms. The molecule has 1 spiro atoms. The van der Waals surface area contributed by atoms with E-state index in [2.05, 4.69) is 49.4 Å². The van der Waals surface area contributed by atoms with Gasteiger partial charge in [-0.1, -0.05) is 42.5 Å². The third-order valence-corrected chi connectivity index (χ3v) is 6.48. The fourth-order valence-electron chi connectivity index (χ4n) is 5.37. The van der Waals surface area contributed by atoms with Gasteiger partial charge in [0, 0.05) is 0 Å². The maximum atomic E-state index is 2.53. The fourth-order valence-corrected chi connectivity index (χ4v) is 5.37. The summed E-state index contributed by atoms with van der Waals surface area (Å²) in [4.78, 5) is 0. The average Bonchev–Trinajstić information content (AvgIpc) is 3.07. The van der Waals surface area contributed by atoms with Gasteiger partial charge >= 0.3 is 0 Å². The molecule has 0 amide bonds. The van der Waals surface area contributed by atoms with Gasteiger partial charge in [-0.25, -0.2) is 0 Å². The lowest BCUT2D eigenvalue weighted by Crippen LogP contribution is -2.32. The molecule has 5 rings (SSSR count). The topological polar surface area (TPSA) is 0 Å². The second kappa shape index (κ2) is 4.00. The van der Waals surface area contributed by atoms with E-state index >= 15 is 0 Å². The predicted molar refractivity (Wildman–Crippen MR) is 88.5 cm³/mol. The third-order valence-electron chi connectivity index (χ3n) is 6.48. The lowest BCUT2D eigenvalue weighted by atomic mass is 9.64. The van der Waals surface area contributed by atoms with E-state index in [1.807, 2.05) is 0 Å². The van der Waals surface area contributed by atoms with Crippen molar-refractivity contribution >= 4 is 10.8 Å². The predicted octanol–water partition coefficient (Wildman–Crippen LogP) is 5.22. The summed E-state index contributed by atoms with van der Waals surface area (Å²) in [6.07, 6.45) is 11.9. The van der Waals surface area contributed by atoms with E-state index in [0.717, 1.165) is 11.8 Å². The molecule has 0 radical (unpaired) electrons. The molecule has 3 aliphatic rings. The van der Waals surface area contributed by atoms with Crippen molar-refractivity contribution in [2.75, 3.05) is 0 Å². The van der Waals surface area contributed by atoms with Crippen LogP contribution < -0.4 is 0 Å². The van der Waals surface area contributed by atoms with Gasteiger partial charge in [-0.05, 0) is 83.7 Å². The molecular weight excluding hydrogens is 252 g/mol. The Morgan fingerprint density at radius 3 is 2.86 bits per heavy atom. The van der Waals surface area contributed by atoms with Crippen molar-refractivity contribution in [2.24, 2.45) is 17.3 Å². The minimum absolute atomic E-state index is 0.600. The van der Waals surface area contributed by atoms with Crippen molar-refractivity contribution in [1.82, 2.24) is 0 Å². The zero-order valence-corrected chi connectivity index (χ0v) is 12.7. The Hall–Kier alpha value is -1.56. The van der Waals surface area contributed by atoms with Gasteiger partial charge in [-0.2, -0.15) is 0 Å². The smallest absolute Gasteiger partial charge is 0.0152 e. The highest BCUT2D eigenvalue weighted by molar-refractivity contribution is 5.87. The molecule has 2 aromatic rings. The summed E-state index contributed by atoms with van der Waals surface area (Å²) in [6.45, 7) is 2.24. The van der Waals surface area contributed by atoms with Crippen molar-refractivity contribution < 1.29 is 0 Å². The number of rotatable bonds is 0. The maximum Gasteiger partial charge on any atom is -0.0152 e. The van der Waals surface area contributed by atoms with E-state index in [9.17, 15) is 0 Å². The van der Waals surface area contributed by atoms with Crippen LogP contribution >= 0.6 is 0 Å². The number of hydrogen-bond acceptors (Lipinski definition) is 0. The van der Waals surface area contributed by atoms with Crippen LogP contribution in [0.15, 0.2) is 42.5 Å². The van der Waals surface area contributed by atoms with Crippen molar-refractivity contribution in [2.45, 2.75) is 39.0 Å². The average molecular weight is 274 g/mol. The maximum absolute atomic E-state index is 2.53. The van der Waals surface area contributed by atoms with Crippen LogP contribution in [0.4, 0.5) is 0 Å².